The topological polar surface area (TPSA) is 138 Å². The first-order chi connectivity index (χ1) is 20.4. The Balaban J connectivity index is 1.58. The number of likely N-dealkylation sites (N-methyl/N-ethyl adjacent to an activating group) is 1. The molecule has 2 aliphatic rings. The Bertz CT molecular complexity index is 1290. The lowest BCUT2D eigenvalue weighted by Crippen LogP contribution is -2.58. The van der Waals surface area contributed by atoms with Gasteiger partial charge in [-0.05, 0) is 101 Å². The van der Waals surface area contributed by atoms with Crippen LogP contribution in [0.15, 0.2) is 36.4 Å². The second kappa shape index (κ2) is 14.3. The molecule has 0 radical (unpaired) electrons. The van der Waals surface area contributed by atoms with Crippen LogP contribution in [0.2, 0.25) is 0 Å². The number of phenolic OH excluding ortho intramolecular Hbond substituents is 1. The van der Waals surface area contributed by atoms with E-state index in [1.54, 1.807) is 17.1 Å². The van der Waals surface area contributed by atoms with Gasteiger partial charge in [-0.3, -0.25) is 19.5 Å². The van der Waals surface area contributed by atoms with Crippen LogP contribution < -0.4 is 16.5 Å². The van der Waals surface area contributed by atoms with E-state index in [0.717, 1.165) is 61.0 Å². The second-order valence-corrected chi connectivity index (χ2v) is 12.7. The third-order valence-electron chi connectivity index (χ3n) is 8.67. The highest BCUT2D eigenvalue weighted by Crippen LogP contribution is 2.31. The van der Waals surface area contributed by atoms with E-state index >= 15 is 0 Å². The SMILES string of the molecule is CC(C)C(C(=O)NC(Cc1cc(O)cc(-c2ccc(C(=N)C3CCN(C)CC3)c(N)c2)c1)C(=O)N1CCCCN1)N(C)C. The van der Waals surface area contributed by atoms with Gasteiger partial charge in [0.2, 0.25) is 5.91 Å². The molecule has 2 aliphatic heterocycles. The highest BCUT2D eigenvalue weighted by atomic mass is 16.3. The van der Waals surface area contributed by atoms with Crippen molar-refractivity contribution in [3.05, 3.63) is 47.5 Å². The smallest absolute Gasteiger partial charge is 0.259 e. The summed E-state index contributed by atoms with van der Waals surface area (Å²) in [6.45, 7) is 7.21. The van der Waals surface area contributed by atoms with E-state index in [1.165, 1.54) is 0 Å². The van der Waals surface area contributed by atoms with Crippen LogP contribution in [-0.4, -0.2) is 96.8 Å². The van der Waals surface area contributed by atoms with Gasteiger partial charge in [-0.2, -0.15) is 0 Å². The van der Waals surface area contributed by atoms with Crippen molar-refractivity contribution in [2.75, 3.05) is 53.1 Å². The molecule has 0 aliphatic carbocycles. The van der Waals surface area contributed by atoms with Crippen molar-refractivity contribution in [3.63, 3.8) is 0 Å². The molecule has 0 aromatic heterocycles. The highest BCUT2D eigenvalue weighted by Gasteiger charge is 2.32. The second-order valence-electron chi connectivity index (χ2n) is 12.7. The van der Waals surface area contributed by atoms with Crippen LogP contribution in [-0.2, 0) is 16.0 Å². The number of rotatable bonds is 10. The number of benzene rings is 2. The molecule has 0 bridgehead atoms. The van der Waals surface area contributed by atoms with Gasteiger partial charge in [-0.15, -0.1) is 0 Å². The number of phenols is 1. The number of hydrogen-bond acceptors (Lipinski definition) is 8. The quantitative estimate of drug-likeness (QED) is 0.211. The van der Waals surface area contributed by atoms with Gasteiger partial charge >= 0.3 is 0 Å². The molecule has 4 rings (SSSR count). The average Bonchev–Trinajstić information content (AvgIpc) is 2.96. The number of nitrogen functional groups attached to an aromatic ring is 1. The molecule has 2 aromatic carbocycles. The van der Waals surface area contributed by atoms with Crippen LogP contribution in [0, 0.1) is 17.2 Å². The Morgan fingerprint density at radius 1 is 1.09 bits per heavy atom. The molecule has 234 valence electrons. The molecule has 2 saturated heterocycles. The number of nitrogens with two attached hydrogens (primary N) is 1. The number of carbonyl (C=O) groups excluding carboxylic acids is 2. The summed E-state index contributed by atoms with van der Waals surface area (Å²) in [5.74, 6) is -0.0817. The minimum Gasteiger partial charge on any atom is -0.508 e. The Hall–Kier alpha value is -3.47. The molecule has 0 spiro atoms. The van der Waals surface area contributed by atoms with Gasteiger partial charge in [0.25, 0.3) is 5.91 Å². The van der Waals surface area contributed by atoms with Gasteiger partial charge in [0.15, 0.2) is 0 Å². The zero-order chi connectivity index (χ0) is 31.3. The lowest BCUT2D eigenvalue weighted by Gasteiger charge is -2.33. The Labute approximate surface area is 256 Å². The van der Waals surface area contributed by atoms with E-state index in [1.807, 2.05) is 57.1 Å². The normalized spacial score (nSPS) is 18.1. The molecule has 43 heavy (non-hydrogen) atoms. The van der Waals surface area contributed by atoms with Crippen molar-refractivity contribution in [2.45, 2.75) is 58.0 Å². The number of nitrogens with one attached hydrogen (secondary N) is 3. The Kier molecular flexibility index (Phi) is 10.8. The number of hydrazine groups is 1. The lowest BCUT2D eigenvalue weighted by atomic mass is 9.87. The van der Waals surface area contributed by atoms with Gasteiger partial charge in [0.05, 0.1) is 6.04 Å². The minimum atomic E-state index is -0.809. The first-order valence-corrected chi connectivity index (χ1v) is 15.5. The van der Waals surface area contributed by atoms with Crippen molar-refractivity contribution in [1.82, 2.24) is 25.6 Å². The summed E-state index contributed by atoms with van der Waals surface area (Å²) in [4.78, 5) is 31.2. The fraction of sp³-hybridized carbons (Fsp3) is 0.545. The summed E-state index contributed by atoms with van der Waals surface area (Å²) in [6.07, 6.45) is 4.00. The molecule has 0 saturated carbocycles. The van der Waals surface area contributed by atoms with Crippen molar-refractivity contribution in [3.8, 4) is 16.9 Å². The maximum Gasteiger partial charge on any atom is 0.259 e. The molecule has 2 amide bonds. The van der Waals surface area contributed by atoms with E-state index in [4.69, 9.17) is 11.1 Å². The predicted octanol–water partition coefficient (Wildman–Crippen LogP) is 3.09. The molecule has 10 heteroatoms. The molecule has 2 fully saturated rings. The zero-order valence-electron chi connectivity index (χ0n) is 26.3. The summed E-state index contributed by atoms with van der Waals surface area (Å²) >= 11 is 0. The molecule has 2 aromatic rings. The summed E-state index contributed by atoms with van der Waals surface area (Å²) < 4.78 is 0. The fourth-order valence-electron chi connectivity index (χ4n) is 6.35. The Morgan fingerprint density at radius 3 is 2.42 bits per heavy atom. The zero-order valence-corrected chi connectivity index (χ0v) is 26.3. The summed E-state index contributed by atoms with van der Waals surface area (Å²) in [6, 6.07) is 9.72. The van der Waals surface area contributed by atoms with Gasteiger partial charge in [-0.1, -0.05) is 32.0 Å². The molecule has 2 unspecified atom stereocenters. The van der Waals surface area contributed by atoms with E-state index in [2.05, 4.69) is 22.7 Å². The summed E-state index contributed by atoms with van der Waals surface area (Å²) in [5.41, 5.74) is 13.8. The van der Waals surface area contributed by atoms with Gasteiger partial charge in [0.1, 0.15) is 11.8 Å². The van der Waals surface area contributed by atoms with Gasteiger partial charge < -0.3 is 26.5 Å². The van der Waals surface area contributed by atoms with E-state index < -0.39 is 6.04 Å². The van der Waals surface area contributed by atoms with Crippen molar-refractivity contribution in [2.24, 2.45) is 11.8 Å². The molecule has 2 heterocycles. The van der Waals surface area contributed by atoms with Crippen LogP contribution in [0.3, 0.4) is 0 Å². The largest absolute Gasteiger partial charge is 0.508 e. The monoisotopic (exact) mass is 591 g/mol. The van der Waals surface area contributed by atoms with E-state index in [0.29, 0.717) is 24.5 Å². The minimum absolute atomic E-state index is 0.0561. The van der Waals surface area contributed by atoms with Crippen molar-refractivity contribution in [1.29, 1.82) is 5.41 Å². The van der Waals surface area contributed by atoms with E-state index in [9.17, 15) is 14.7 Å². The van der Waals surface area contributed by atoms with Crippen LogP contribution in [0.4, 0.5) is 5.69 Å². The third-order valence-corrected chi connectivity index (χ3v) is 8.67. The van der Waals surface area contributed by atoms with Crippen molar-refractivity contribution < 1.29 is 14.7 Å². The third kappa shape index (κ3) is 8.13. The number of hydrogen-bond donors (Lipinski definition) is 5. The van der Waals surface area contributed by atoms with Crippen LogP contribution >= 0.6 is 0 Å². The van der Waals surface area contributed by atoms with Gasteiger partial charge in [0, 0.05) is 42.4 Å². The molecule has 2 atom stereocenters. The van der Waals surface area contributed by atoms with Gasteiger partial charge in [-0.25, -0.2) is 5.43 Å². The number of piperidine rings is 1. The average molecular weight is 592 g/mol. The molecular formula is C33H49N7O3. The lowest BCUT2D eigenvalue weighted by molar-refractivity contribution is -0.141. The van der Waals surface area contributed by atoms with Crippen LogP contribution in [0.5, 0.6) is 5.75 Å². The number of likely N-dealkylation sites (tertiary alicyclic amines) is 1. The van der Waals surface area contributed by atoms with Crippen LogP contribution in [0.25, 0.3) is 11.1 Å². The highest BCUT2D eigenvalue weighted by molar-refractivity contribution is 6.04. The van der Waals surface area contributed by atoms with Crippen LogP contribution in [0.1, 0.15) is 50.7 Å². The first kappa shape index (κ1) is 32.4. The maximum absolute atomic E-state index is 13.7. The standard InChI is InChI=1S/C33H49N7O3/c1-21(2)31(38(3)4)32(42)37-29(33(43)40-13-7-6-12-36-40)18-22-16-25(19-26(41)17-22)24-8-9-27(28(34)20-24)30(35)23-10-14-39(5)15-11-23/h8-9,16-17,19-21,23,29,31,35-36,41H,6-7,10-15,18,34H2,1-5H3,(H,37,42). The fourth-order valence-corrected chi connectivity index (χ4v) is 6.35. The number of anilines is 1. The number of aromatic hydroxyl groups is 1. The summed E-state index contributed by atoms with van der Waals surface area (Å²) in [5, 5.41) is 24.1. The number of amides is 2. The molecule has 10 nitrogen and oxygen atoms in total. The molecular weight excluding hydrogens is 542 g/mol. The summed E-state index contributed by atoms with van der Waals surface area (Å²) in [7, 11) is 5.83. The number of nitrogens with zero attached hydrogens (tertiary/aromatic N) is 3. The maximum atomic E-state index is 13.7. The van der Waals surface area contributed by atoms with E-state index in [-0.39, 0.29) is 41.9 Å². The van der Waals surface area contributed by atoms with Crippen molar-refractivity contribution >= 4 is 23.2 Å². The predicted molar refractivity (Wildman–Crippen MR) is 172 cm³/mol. The Morgan fingerprint density at radius 2 is 1.81 bits per heavy atom. The first-order valence-electron chi connectivity index (χ1n) is 15.5. The molecule has 6 N–H and O–H groups in total. The number of carbonyl (C=O) groups is 2.